The van der Waals surface area contributed by atoms with Crippen LogP contribution < -0.4 is 4.74 Å². The lowest BCUT2D eigenvalue weighted by molar-refractivity contribution is -0.160. The molecule has 0 unspecified atom stereocenters. The zero-order valence-electron chi connectivity index (χ0n) is 9.93. The Balaban J connectivity index is 1.85. The number of rotatable bonds is 3. The highest BCUT2D eigenvalue weighted by atomic mass is 19.4. The maximum absolute atomic E-state index is 12.1. The highest BCUT2D eigenvalue weighted by molar-refractivity contribution is 5.77. The number of carbonyl (C=O) groups is 1. The number of ether oxygens (including phenoxy) is 1. The van der Waals surface area contributed by atoms with Crippen LogP contribution >= 0.6 is 0 Å². The van der Waals surface area contributed by atoms with Crippen LogP contribution in [0.15, 0.2) is 18.5 Å². The maximum Gasteiger partial charge on any atom is 0.397 e. The number of likely N-dealkylation sites (tertiary alicyclic amines) is 1. The summed E-state index contributed by atoms with van der Waals surface area (Å²) in [5, 5.41) is 0. The van der Waals surface area contributed by atoms with Crippen LogP contribution in [0.3, 0.4) is 0 Å². The molecule has 1 amide bonds. The Morgan fingerprint density at radius 3 is 2.74 bits per heavy atom. The summed E-state index contributed by atoms with van der Waals surface area (Å²) in [4.78, 5) is 20.2. The van der Waals surface area contributed by atoms with Crippen molar-refractivity contribution in [3.63, 3.8) is 0 Å². The smallest absolute Gasteiger partial charge is 0.397 e. The standard InChI is InChI=1S/C11H12F3N3O2/c12-11(13,14)6-9(18)17-5-2-8(7-17)19-10-15-3-1-4-16-10/h1,3-4,8H,2,5-7H2/t8-/m0/s1. The van der Waals surface area contributed by atoms with Crippen LogP contribution in [-0.2, 0) is 4.79 Å². The molecule has 19 heavy (non-hydrogen) atoms. The van der Waals surface area contributed by atoms with E-state index in [2.05, 4.69) is 9.97 Å². The van der Waals surface area contributed by atoms with Crippen LogP contribution in [0, 0.1) is 0 Å². The first-order chi connectivity index (χ1) is 8.94. The number of hydrogen-bond acceptors (Lipinski definition) is 4. The summed E-state index contributed by atoms with van der Waals surface area (Å²) in [6.45, 7) is 0.388. The van der Waals surface area contributed by atoms with Gasteiger partial charge in [0.1, 0.15) is 12.5 Å². The molecule has 0 N–H and O–H groups in total. The van der Waals surface area contributed by atoms with Crippen molar-refractivity contribution in [2.24, 2.45) is 0 Å². The van der Waals surface area contributed by atoms with Gasteiger partial charge in [-0.3, -0.25) is 4.79 Å². The molecule has 1 atom stereocenters. The van der Waals surface area contributed by atoms with E-state index in [1.807, 2.05) is 0 Å². The Labute approximate surface area is 107 Å². The highest BCUT2D eigenvalue weighted by Crippen LogP contribution is 2.23. The molecule has 0 aromatic carbocycles. The van der Waals surface area contributed by atoms with Crippen molar-refractivity contribution in [1.29, 1.82) is 0 Å². The molecule has 2 rings (SSSR count). The second-order valence-corrected chi connectivity index (χ2v) is 4.19. The fourth-order valence-corrected chi connectivity index (χ4v) is 1.83. The van der Waals surface area contributed by atoms with Gasteiger partial charge in [0.25, 0.3) is 0 Å². The molecule has 5 nitrogen and oxygen atoms in total. The summed E-state index contributed by atoms with van der Waals surface area (Å²) in [6, 6.07) is 1.79. The average molecular weight is 275 g/mol. The molecular weight excluding hydrogens is 263 g/mol. The summed E-state index contributed by atoms with van der Waals surface area (Å²) < 4.78 is 41.7. The highest BCUT2D eigenvalue weighted by Gasteiger charge is 2.36. The Bertz CT molecular complexity index is 439. The first-order valence-corrected chi connectivity index (χ1v) is 5.72. The minimum absolute atomic E-state index is 0.132. The zero-order chi connectivity index (χ0) is 13.9. The number of nitrogens with zero attached hydrogens (tertiary/aromatic N) is 3. The largest absolute Gasteiger partial charge is 0.458 e. The van der Waals surface area contributed by atoms with E-state index in [0.29, 0.717) is 6.42 Å². The lowest BCUT2D eigenvalue weighted by Gasteiger charge is -2.17. The number of aromatic nitrogens is 2. The number of hydrogen-bond donors (Lipinski definition) is 0. The number of carbonyl (C=O) groups excluding carboxylic acids is 1. The van der Waals surface area contributed by atoms with Gasteiger partial charge < -0.3 is 9.64 Å². The van der Waals surface area contributed by atoms with Gasteiger partial charge >= 0.3 is 12.2 Å². The molecule has 1 aromatic rings. The van der Waals surface area contributed by atoms with Crippen molar-refractivity contribution in [3.05, 3.63) is 18.5 Å². The minimum Gasteiger partial charge on any atom is -0.458 e. The third kappa shape index (κ3) is 4.08. The molecule has 1 saturated heterocycles. The van der Waals surface area contributed by atoms with Crippen molar-refractivity contribution >= 4 is 5.91 Å². The average Bonchev–Trinajstić information content (AvgIpc) is 2.77. The molecular formula is C11H12F3N3O2. The predicted molar refractivity (Wildman–Crippen MR) is 58.3 cm³/mol. The van der Waals surface area contributed by atoms with E-state index >= 15 is 0 Å². The van der Waals surface area contributed by atoms with Gasteiger partial charge in [0.05, 0.1) is 6.54 Å². The van der Waals surface area contributed by atoms with Gasteiger partial charge in [-0.05, 0) is 6.07 Å². The van der Waals surface area contributed by atoms with E-state index in [4.69, 9.17) is 4.74 Å². The number of amides is 1. The van der Waals surface area contributed by atoms with Crippen molar-refractivity contribution < 1.29 is 22.7 Å². The molecule has 0 radical (unpaired) electrons. The van der Waals surface area contributed by atoms with E-state index in [-0.39, 0.29) is 25.2 Å². The maximum atomic E-state index is 12.1. The lowest BCUT2D eigenvalue weighted by Crippen LogP contribution is -2.34. The van der Waals surface area contributed by atoms with E-state index in [9.17, 15) is 18.0 Å². The van der Waals surface area contributed by atoms with Crippen LogP contribution in [-0.4, -0.2) is 46.1 Å². The molecule has 0 spiro atoms. The first kappa shape index (κ1) is 13.6. The van der Waals surface area contributed by atoms with Crippen molar-refractivity contribution in [2.75, 3.05) is 13.1 Å². The van der Waals surface area contributed by atoms with Gasteiger partial charge in [-0.25, -0.2) is 9.97 Å². The van der Waals surface area contributed by atoms with Crippen molar-refractivity contribution in [2.45, 2.75) is 25.1 Å². The molecule has 104 valence electrons. The van der Waals surface area contributed by atoms with Crippen LogP contribution in [0.1, 0.15) is 12.8 Å². The van der Waals surface area contributed by atoms with Gasteiger partial charge in [-0.15, -0.1) is 0 Å². The summed E-state index contributed by atoms with van der Waals surface area (Å²) in [5.41, 5.74) is 0. The Kier molecular flexibility index (Phi) is 3.87. The summed E-state index contributed by atoms with van der Waals surface area (Å²) >= 11 is 0. The molecule has 0 saturated carbocycles. The normalized spacial score (nSPS) is 19.5. The van der Waals surface area contributed by atoms with E-state index < -0.39 is 18.5 Å². The fourth-order valence-electron chi connectivity index (χ4n) is 1.83. The van der Waals surface area contributed by atoms with Gasteiger partial charge in [0.15, 0.2) is 0 Å². The quantitative estimate of drug-likeness (QED) is 0.837. The minimum atomic E-state index is -4.47. The monoisotopic (exact) mass is 275 g/mol. The van der Waals surface area contributed by atoms with Gasteiger partial charge in [-0.2, -0.15) is 13.2 Å². The molecule has 0 aliphatic carbocycles. The van der Waals surface area contributed by atoms with Crippen LogP contribution in [0.4, 0.5) is 13.2 Å². The second kappa shape index (κ2) is 5.41. The summed E-state index contributed by atoms with van der Waals surface area (Å²) in [6.07, 6.45) is -2.78. The summed E-state index contributed by atoms with van der Waals surface area (Å²) in [7, 11) is 0. The third-order valence-electron chi connectivity index (χ3n) is 2.66. The van der Waals surface area contributed by atoms with Crippen molar-refractivity contribution in [3.8, 4) is 6.01 Å². The zero-order valence-corrected chi connectivity index (χ0v) is 9.93. The molecule has 1 aromatic heterocycles. The van der Waals surface area contributed by atoms with Crippen LogP contribution in [0.5, 0.6) is 6.01 Å². The Hall–Kier alpha value is -1.86. The van der Waals surface area contributed by atoms with E-state index in [1.165, 1.54) is 12.4 Å². The Morgan fingerprint density at radius 2 is 2.11 bits per heavy atom. The molecule has 0 bridgehead atoms. The lowest BCUT2D eigenvalue weighted by atomic mass is 10.3. The SMILES string of the molecule is O=C(CC(F)(F)F)N1CC[C@H](Oc2ncccn2)C1. The first-order valence-electron chi connectivity index (χ1n) is 5.72. The molecule has 1 aliphatic heterocycles. The van der Waals surface area contributed by atoms with E-state index in [0.717, 1.165) is 4.90 Å². The molecule has 8 heteroatoms. The van der Waals surface area contributed by atoms with Crippen LogP contribution in [0.25, 0.3) is 0 Å². The van der Waals surface area contributed by atoms with Crippen molar-refractivity contribution in [1.82, 2.24) is 14.9 Å². The van der Waals surface area contributed by atoms with E-state index in [1.54, 1.807) is 6.07 Å². The van der Waals surface area contributed by atoms with Crippen LogP contribution in [0.2, 0.25) is 0 Å². The number of halogens is 3. The molecule has 1 aliphatic rings. The topological polar surface area (TPSA) is 55.3 Å². The molecule has 2 heterocycles. The predicted octanol–water partition coefficient (Wildman–Crippen LogP) is 1.41. The van der Waals surface area contributed by atoms with Gasteiger partial charge in [0, 0.05) is 25.4 Å². The van der Waals surface area contributed by atoms with Gasteiger partial charge in [-0.1, -0.05) is 0 Å². The fraction of sp³-hybridized carbons (Fsp3) is 0.545. The number of alkyl halides is 3. The second-order valence-electron chi connectivity index (χ2n) is 4.19. The molecule has 1 fully saturated rings. The summed E-state index contributed by atoms with van der Waals surface area (Å²) in [5.74, 6) is -0.924. The van der Waals surface area contributed by atoms with Gasteiger partial charge in [0.2, 0.25) is 5.91 Å². The Morgan fingerprint density at radius 1 is 1.42 bits per heavy atom. The third-order valence-corrected chi connectivity index (χ3v) is 2.66.